The van der Waals surface area contributed by atoms with Gasteiger partial charge in [-0.15, -0.1) is 0 Å². The molecule has 0 saturated carbocycles. The highest BCUT2D eigenvalue weighted by Gasteiger charge is 2.34. The molecule has 7 heteroatoms. The van der Waals surface area contributed by atoms with Crippen LogP contribution in [0.1, 0.15) is 15.9 Å². The number of fused-ring (bicyclic) bond motifs is 1. The van der Waals surface area contributed by atoms with Crippen LogP contribution in [0.25, 0.3) is 16.8 Å². The first-order valence-electron chi connectivity index (χ1n) is 9.61. The number of ether oxygens (including phenoxy) is 2. The summed E-state index contributed by atoms with van der Waals surface area (Å²) < 4.78 is 10.5. The van der Waals surface area contributed by atoms with Crippen molar-refractivity contribution < 1.29 is 23.9 Å². The predicted molar refractivity (Wildman–Crippen MR) is 120 cm³/mol. The Bertz CT molecular complexity index is 1180. The number of benzene rings is 3. The van der Waals surface area contributed by atoms with E-state index in [2.05, 4.69) is 4.74 Å². The standard InChI is InChI=1S/C24H19NO5S/c1-29-23(27)18-11-9-16(10-12-18)15-21-22(26)25(24(28)31-21)13-14-30-20-8-4-6-17-5-2-3-7-19(17)20/h2-12,15H,13-14H2,1H3/b21-15-. The van der Waals surface area contributed by atoms with Crippen LogP contribution in [0.5, 0.6) is 5.75 Å². The number of carbonyl (C=O) groups is 3. The maximum atomic E-state index is 12.7. The van der Waals surface area contributed by atoms with Gasteiger partial charge in [-0.05, 0) is 47.0 Å². The van der Waals surface area contributed by atoms with Crippen LogP contribution >= 0.6 is 11.8 Å². The number of imide groups is 1. The number of hydrogen-bond acceptors (Lipinski definition) is 6. The molecular formula is C24H19NO5S. The second kappa shape index (κ2) is 9.06. The third-order valence-corrected chi connectivity index (χ3v) is 5.73. The molecule has 1 saturated heterocycles. The molecule has 1 aliphatic rings. The first-order chi connectivity index (χ1) is 15.1. The van der Waals surface area contributed by atoms with Crippen molar-refractivity contribution in [1.29, 1.82) is 0 Å². The topological polar surface area (TPSA) is 72.9 Å². The molecule has 2 amide bonds. The van der Waals surface area contributed by atoms with Crippen LogP contribution in [-0.2, 0) is 9.53 Å². The third kappa shape index (κ3) is 4.46. The summed E-state index contributed by atoms with van der Waals surface area (Å²) in [4.78, 5) is 38.1. The van der Waals surface area contributed by atoms with Gasteiger partial charge in [-0.2, -0.15) is 0 Å². The van der Waals surface area contributed by atoms with Crippen LogP contribution in [0.15, 0.2) is 71.6 Å². The normalized spacial score (nSPS) is 15.0. The van der Waals surface area contributed by atoms with E-state index in [1.165, 1.54) is 12.0 Å². The highest BCUT2D eigenvalue weighted by atomic mass is 32.2. The predicted octanol–water partition coefficient (Wildman–Crippen LogP) is 4.74. The van der Waals surface area contributed by atoms with Crippen molar-refractivity contribution in [2.45, 2.75) is 0 Å². The van der Waals surface area contributed by atoms with E-state index >= 15 is 0 Å². The minimum Gasteiger partial charge on any atom is -0.491 e. The second-order valence-electron chi connectivity index (χ2n) is 6.77. The molecule has 0 radical (unpaired) electrons. The van der Waals surface area contributed by atoms with Crippen LogP contribution < -0.4 is 4.74 Å². The summed E-state index contributed by atoms with van der Waals surface area (Å²) in [6.45, 7) is 0.361. The van der Waals surface area contributed by atoms with Crippen molar-refractivity contribution in [2.75, 3.05) is 20.3 Å². The molecule has 3 aromatic rings. The smallest absolute Gasteiger partial charge is 0.337 e. The van der Waals surface area contributed by atoms with Crippen molar-refractivity contribution in [2.24, 2.45) is 0 Å². The maximum Gasteiger partial charge on any atom is 0.337 e. The first-order valence-corrected chi connectivity index (χ1v) is 10.4. The molecule has 0 bridgehead atoms. The van der Waals surface area contributed by atoms with Gasteiger partial charge in [-0.1, -0.05) is 48.5 Å². The lowest BCUT2D eigenvalue weighted by molar-refractivity contribution is -0.123. The van der Waals surface area contributed by atoms with E-state index in [0.717, 1.165) is 22.5 Å². The zero-order valence-electron chi connectivity index (χ0n) is 16.7. The minimum absolute atomic E-state index is 0.159. The molecule has 156 valence electrons. The van der Waals surface area contributed by atoms with Gasteiger partial charge < -0.3 is 9.47 Å². The van der Waals surface area contributed by atoms with Gasteiger partial charge in [0.2, 0.25) is 0 Å². The molecule has 1 heterocycles. The molecule has 0 N–H and O–H groups in total. The van der Waals surface area contributed by atoms with Crippen LogP contribution in [0.2, 0.25) is 0 Å². The fourth-order valence-corrected chi connectivity index (χ4v) is 4.11. The second-order valence-corrected chi connectivity index (χ2v) is 7.77. The van der Waals surface area contributed by atoms with E-state index in [0.29, 0.717) is 21.8 Å². The van der Waals surface area contributed by atoms with Gasteiger partial charge >= 0.3 is 5.97 Å². The van der Waals surface area contributed by atoms with Crippen LogP contribution in [0.3, 0.4) is 0 Å². The summed E-state index contributed by atoms with van der Waals surface area (Å²) >= 11 is 0.892. The van der Waals surface area contributed by atoms with Gasteiger partial charge in [0.05, 0.1) is 24.1 Å². The zero-order chi connectivity index (χ0) is 21.8. The van der Waals surface area contributed by atoms with Crippen LogP contribution in [0.4, 0.5) is 4.79 Å². The van der Waals surface area contributed by atoms with Gasteiger partial charge in [0.15, 0.2) is 0 Å². The lowest BCUT2D eigenvalue weighted by Crippen LogP contribution is -2.32. The van der Waals surface area contributed by atoms with E-state index in [4.69, 9.17) is 4.74 Å². The van der Waals surface area contributed by atoms with Crippen molar-refractivity contribution in [3.8, 4) is 5.75 Å². The first kappa shape index (κ1) is 20.7. The fourth-order valence-electron chi connectivity index (χ4n) is 3.25. The Hall–Kier alpha value is -3.58. The van der Waals surface area contributed by atoms with Gasteiger partial charge in [0.25, 0.3) is 11.1 Å². The van der Waals surface area contributed by atoms with Crippen molar-refractivity contribution in [1.82, 2.24) is 4.90 Å². The summed E-state index contributed by atoms with van der Waals surface area (Å²) in [6.07, 6.45) is 1.64. The van der Waals surface area contributed by atoms with Crippen molar-refractivity contribution >= 4 is 45.7 Å². The molecule has 0 aliphatic carbocycles. The molecule has 0 unspecified atom stereocenters. The van der Waals surface area contributed by atoms with E-state index in [1.807, 2.05) is 42.5 Å². The number of esters is 1. The quantitative estimate of drug-likeness (QED) is 0.413. The van der Waals surface area contributed by atoms with E-state index in [-0.39, 0.29) is 24.3 Å². The number of methoxy groups -OCH3 is 1. The molecule has 31 heavy (non-hydrogen) atoms. The Morgan fingerprint density at radius 2 is 1.74 bits per heavy atom. The number of nitrogens with zero attached hydrogens (tertiary/aromatic N) is 1. The molecule has 1 aliphatic heterocycles. The molecule has 4 rings (SSSR count). The average molecular weight is 433 g/mol. The number of rotatable bonds is 6. The number of hydrogen-bond donors (Lipinski definition) is 0. The summed E-state index contributed by atoms with van der Waals surface area (Å²) in [6, 6.07) is 20.3. The molecule has 6 nitrogen and oxygen atoms in total. The van der Waals surface area contributed by atoms with E-state index in [9.17, 15) is 14.4 Å². The van der Waals surface area contributed by atoms with Gasteiger partial charge in [0, 0.05) is 5.39 Å². The molecule has 0 aromatic heterocycles. The maximum absolute atomic E-state index is 12.7. The lowest BCUT2D eigenvalue weighted by Gasteiger charge is -2.14. The Morgan fingerprint density at radius 1 is 1.00 bits per heavy atom. The highest BCUT2D eigenvalue weighted by Crippen LogP contribution is 2.32. The zero-order valence-corrected chi connectivity index (χ0v) is 17.6. The fraction of sp³-hybridized carbons (Fsp3) is 0.125. The summed E-state index contributed by atoms with van der Waals surface area (Å²) in [5.74, 6) is -0.0714. The lowest BCUT2D eigenvalue weighted by atomic mass is 10.1. The summed E-state index contributed by atoms with van der Waals surface area (Å²) in [5, 5.41) is 1.71. The van der Waals surface area contributed by atoms with Crippen molar-refractivity contribution in [3.05, 3.63) is 82.8 Å². The molecule has 1 fully saturated rings. The van der Waals surface area contributed by atoms with Crippen molar-refractivity contribution in [3.63, 3.8) is 0 Å². The monoisotopic (exact) mass is 433 g/mol. The Balaban J connectivity index is 1.41. The Morgan fingerprint density at radius 3 is 2.52 bits per heavy atom. The molecule has 0 atom stereocenters. The van der Waals surface area contributed by atoms with Gasteiger partial charge in [-0.3, -0.25) is 14.5 Å². The molecular weight excluding hydrogens is 414 g/mol. The van der Waals surface area contributed by atoms with Gasteiger partial charge in [0.1, 0.15) is 12.4 Å². The SMILES string of the molecule is COC(=O)c1ccc(/C=C2\SC(=O)N(CCOc3cccc4ccccc34)C2=O)cc1. The molecule has 0 spiro atoms. The number of carbonyl (C=O) groups excluding carboxylic acids is 3. The Kier molecular flexibility index (Phi) is 6.04. The van der Waals surface area contributed by atoms with Crippen LogP contribution in [0, 0.1) is 0 Å². The van der Waals surface area contributed by atoms with E-state index in [1.54, 1.807) is 30.3 Å². The average Bonchev–Trinajstić information content (AvgIpc) is 3.06. The number of thioether (sulfide) groups is 1. The third-order valence-electron chi connectivity index (χ3n) is 4.83. The van der Waals surface area contributed by atoms with Gasteiger partial charge in [-0.25, -0.2) is 4.79 Å². The number of amides is 2. The summed E-state index contributed by atoms with van der Waals surface area (Å²) in [7, 11) is 1.32. The summed E-state index contributed by atoms with van der Waals surface area (Å²) in [5.41, 5.74) is 1.13. The largest absolute Gasteiger partial charge is 0.491 e. The Labute approximate surface area is 183 Å². The molecule has 3 aromatic carbocycles. The van der Waals surface area contributed by atoms with Crippen LogP contribution in [-0.4, -0.2) is 42.3 Å². The minimum atomic E-state index is -0.432. The highest BCUT2D eigenvalue weighted by molar-refractivity contribution is 8.18. The van der Waals surface area contributed by atoms with E-state index < -0.39 is 5.97 Å².